The highest BCUT2D eigenvalue weighted by Crippen LogP contribution is 2.42. The van der Waals surface area contributed by atoms with Gasteiger partial charge in [0.15, 0.2) is 0 Å². The van der Waals surface area contributed by atoms with E-state index in [0.29, 0.717) is 22.4 Å². The summed E-state index contributed by atoms with van der Waals surface area (Å²) in [5.74, 6) is -2.23. The van der Waals surface area contributed by atoms with Crippen molar-refractivity contribution in [1.82, 2.24) is 4.98 Å². The van der Waals surface area contributed by atoms with Gasteiger partial charge in [-0.25, -0.2) is 0 Å². The average molecular weight is 273 g/mol. The van der Waals surface area contributed by atoms with E-state index < -0.39 is 11.6 Å². The third-order valence-corrected chi connectivity index (χ3v) is 3.68. The van der Waals surface area contributed by atoms with Gasteiger partial charge >= 0.3 is 0 Å². The Hall–Kier alpha value is -1.98. The maximum absolute atomic E-state index is 12.3. The van der Waals surface area contributed by atoms with E-state index in [1.165, 1.54) is 0 Å². The van der Waals surface area contributed by atoms with E-state index in [4.69, 9.17) is 9.84 Å². The van der Waals surface area contributed by atoms with Gasteiger partial charge in [0.1, 0.15) is 5.75 Å². The van der Waals surface area contributed by atoms with E-state index in [0.717, 1.165) is 5.39 Å². The SMILES string of the molecule is CC(C)C1(O)Oc2c(ccc3cc(CO)ncc23)C1=O. The van der Waals surface area contributed by atoms with Crippen LogP contribution in [0.15, 0.2) is 24.4 Å². The molecule has 104 valence electrons. The molecule has 0 fully saturated rings. The highest BCUT2D eigenvalue weighted by atomic mass is 16.6. The summed E-state index contributed by atoms with van der Waals surface area (Å²) in [5.41, 5.74) is 0.910. The van der Waals surface area contributed by atoms with Crippen LogP contribution in [-0.4, -0.2) is 26.8 Å². The highest BCUT2D eigenvalue weighted by molar-refractivity contribution is 6.11. The Kier molecular flexibility index (Phi) is 2.77. The summed E-state index contributed by atoms with van der Waals surface area (Å²) in [6.07, 6.45) is 1.55. The van der Waals surface area contributed by atoms with Crippen molar-refractivity contribution in [2.75, 3.05) is 0 Å². The van der Waals surface area contributed by atoms with Crippen molar-refractivity contribution in [3.8, 4) is 5.75 Å². The molecule has 1 aliphatic heterocycles. The Morgan fingerprint density at radius 2 is 2.15 bits per heavy atom. The Bertz CT molecular complexity index is 710. The van der Waals surface area contributed by atoms with Gasteiger partial charge in [0.25, 0.3) is 5.79 Å². The molecule has 0 saturated carbocycles. The number of fused-ring (bicyclic) bond motifs is 3. The van der Waals surface area contributed by atoms with Crippen LogP contribution < -0.4 is 4.74 Å². The Balaban J connectivity index is 2.21. The van der Waals surface area contributed by atoms with Gasteiger partial charge in [0, 0.05) is 17.5 Å². The maximum atomic E-state index is 12.3. The molecule has 1 aliphatic rings. The maximum Gasteiger partial charge on any atom is 0.275 e. The Morgan fingerprint density at radius 3 is 2.80 bits per heavy atom. The minimum absolute atomic E-state index is 0.150. The summed E-state index contributed by atoms with van der Waals surface area (Å²) in [5, 5.41) is 21.0. The van der Waals surface area contributed by atoms with E-state index >= 15 is 0 Å². The number of aliphatic hydroxyl groups excluding tert-OH is 1. The average Bonchev–Trinajstić information content (AvgIpc) is 2.72. The fourth-order valence-corrected chi connectivity index (χ4v) is 2.39. The zero-order valence-corrected chi connectivity index (χ0v) is 11.3. The number of carbonyl (C=O) groups is 1. The lowest BCUT2D eigenvalue weighted by molar-refractivity contribution is -0.120. The third-order valence-electron chi connectivity index (χ3n) is 3.68. The number of benzene rings is 1. The molecule has 1 atom stereocenters. The number of hydrogen-bond acceptors (Lipinski definition) is 5. The van der Waals surface area contributed by atoms with Crippen molar-refractivity contribution in [1.29, 1.82) is 0 Å². The summed E-state index contributed by atoms with van der Waals surface area (Å²) < 4.78 is 5.56. The normalized spacial score (nSPS) is 21.4. The topological polar surface area (TPSA) is 79.7 Å². The van der Waals surface area contributed by atoms with Gasteiger partial charge in [-0.05, 0) is 17.5 Å². The van der Waals surface area contributed by atoms with Crippen LogP contribution in [0, 0.1) is 5.92 Å². The number of carbonyl (C=O) groups excluding carboxylic acids is 1. The lowest BCUT2D eigenvalue weighted by Gasteiger charge is -2.24. The van der Waals surface area contributed by atoms with Crippen molar-refractivity contribution in [2.24, 2.45) is 5.92 Å². The Morgan fingerprint density at radius 1 is 1.40 bits per heavy atom. The van der Waals surface area contributed by atoms with Crippen LogP contribution in [-0.2, 0) is 6.61 Å². The molecular formula is C15H15NO4. The number of pyridine rings is 1. The number of Topliss-reactive ketones (excluding diaryl/α,β-unsaturated/α-hetero) is 1. The minimum Gasteiger partial charge on any atom is -0.453 e. The summed E-state index contributed by atoms with van der Waals surface area (Å²) in [6.45, 7) is 3.31. The first-order valence-corrected chi connectivity index (χ1v) is 6.46. The summed E-state index contributed by atoms with van der Waals surface area (Å²) in [4.78, 5) is 16.4. The monoisotopic (exact) mass is 273 g/mol. The molecule has 0 saturated heterocycles. The first-order valence-electron chi connectivity index (χ1n) is 6.46. The predicted octanol–water partition coefficient (Wildman–Crippen LogP) is 1.65. The molecule has 0 spiro atoms. The molecular weight excluding hydrogens is 258 g/mol. The summed E-state index contributed by atoms with van der Waals surface area (Å²) in [7, 11) is 0. The molecule has 2 aromatic rings. The van der Waals surface area contributed by atoms with Crippen molar-refractivity contribution in [2.45, 2.75) is 26.2 Å². The molecule has 0 aliphatic carbocycles. The van der Waals surface area contributed by atoms with Crippen LogP contribution in [0.1, 0.15) is 29.9 Å². The summed E-state index contributed by atoms with van der Waals surface area (Å²) >= 11 is 0. The van der Waals surface area contributed by atoms with Crippen molar-refractivity contribution < 1.29 is 19.7 Å². The molecule has 2 N–H and O–H groups in total. The van der Waals surface area contributed by atoms with Crippen molar-refractivity contribution in [3.05, 3.63) is 35.7 Å². The Labute approximate surface area is 115 Å². The first-order chi connectivity index (χ1) is 9.47. The van der Waals surface area contributed by atoms with Crippen LogP contribution >= 0.6 is 0 Å². The standard InChI is InChI=1S/C15H15NO4/c1-8(2)15(19)14(18)11-4-3-9-5-10(7-17)16-6-12(9)13(11)20-15/h3-6,8,17,19H,7H2,1-2H3. The number of ketones is 1. The molecule has 20 heavy (non-hydrogen) atoms. The number of aliphatic hydroxyl groups is 2. The highest BCUT2D eigenvalue weighted by Gasteiger charge is 2.49. The molecule has 3 rings (SSSR count). The van der Waals surface area contributed by atoms with E-state index in [-0.39, 0.29) is 12.5 Å². The molecule has 1 aromatic carbocycles. The summed E-state index contributed by atoms with van der Waals surface area (Å²) in [6, 6.07) is 5.14. The van der Waals surface area contributed by atoms with E-state index in [1.54, 1.807) is 38.2 Å². The van der Waals surface area contributed by atoms with Gasteiger partial charge in [0.2, 0.25) is 5.78 Å². The van der Waals surface area contributed by atoms with Gasteiger partial charge < -0.3 is 14.9 Å². The first kappa shape index (κ1) is 13.0. The van der Waals surface area contributed by atoms with Crippen molar-refractivity contribution >= 4 is 16.6 Å². The fourth-order valence-electron chi connectivity index (χ4n) is 2.39. The largest absolute Gasteiger partial charge is 0.453 e. The van der Waals surface area contributed by atoms with E-state index in [2.05, 4.69) is 4.98 Å². The van der Waals surface area contributed by atoms with Gasteiger partial charge in [0.05, 0.1) is 17.9 Å². The predicted molar refractivity (Wildman–Crippen MR) is 72.4 cm³/mol. The van der Waals surface area contributed by atoms with E-state index in [9.17, 15) is 9.90 Å². The molecule has 0 radical (unpaired) electrons. The smallest absolute Gasteiger partial charge is 0.275 e. The lowest BCUT2D eigenvalue weighted by atomic mass is 9.95. The number of ether oxygens (including phenoxy) is 1. The molecule has 1 aromatic heterocycles. The molecule has 0 bridgehead atoms. The molecule has 2 heterocycles. The van der Waals surface area contributed by atoms with Crippen LogP contribution in [0.2, 0.25) is 0 Å². The molecule has 1 unspecified atom stereocenters. The second-order valence-corrected chi connectivity index (χ2v) is 5.28. The van der Waals surface area contributed by atoms with E-state index in [1.807, 2.05) is 0 Å². The van der Waals surface area contributed by atoms with Crippen LogP contribution in [0.3, 0.4) is 0 Å². The second kappa shape index (κ2) is 4.26. The number of rotatable bonds is 2. The zero-order chi connectivity index (χ0) is 14.5. The number of hydrogen-bond donors (Lipinski definition) is 2. The van der Waals surface area contributed by atoms with Crippen LogP contribution in [0.4, 0.5) is 0 Å². The third kappa shape index (κ3) is 1.63. The quantitative estimate of drug-likeness (QED) is 0.869. The fraction of sp³-hybridized carbons (Fsp3) is 0.333. The van der Waals surface area contributed by atoms with Crippen LogP contribution in [0.5, 0.6) is 5.75 Å². The molecule has 0 amide bonds. The van der Waals surface area contributed by atoms with Gasteiger partial charge in [-0.1, -0.05) is 19.9 Å². The number of nitrogens with zero attached hydrogens (tertiary/aromatic N) is 1. The second-order valence-electron chi connectivity index (χ2n) is 5.28. The van der Waals surface area contributed by atoms with Gasteiger partial charge in [-0.2, -0.15) is 0 Å². The van der Waals surface area contributed by atoms with Crippen LogP contribution in [0.25, 0.3) is 10.8 Å². The minimum atomic E-state index is -1.81. The lowest BCUT2D eigenvalue weighted by Crippen LogP contribution is -2.45. The number of aromatic nitrogens is 1. The van der Waals surface area contributed by atoms with Crippen molar-refractivity contribution in [3.63, 3.8) is 0 Å². The zero-order valence-electron chi connectivity index (χ0n) is 11.3. The van der Waals surface area contributed by atoms with Gasteiger partial charge in [-0.15, -0.1) is 0 Å². The molecule has 5 heteroatoms. The molecule has 5 nitrogen and oxygen atoms in total. The van der Waals surface area contributed by atoms with Gasteiger partial charge in [-0.3, -0.25) is 9.78 Å².